The van der Waals surface area contributed by atoms with E-state index in [4.69, 9.17) is 14.2 Å². The number of aromatic nitrogens is 1. The molecule has 4 rings (SSSR count). The molecule has 3 unspecified atom stereocenters. The van der Waals surface area contributed by atoms with E-state index in [1.54, 1.807) is 13.3 Å². The number of hydrogen-bond donors (Lipinski definition) is 0. The first kappa shape index (κ1) is 17.3. The zero-order chi connectivity index (χ0) is 17.3. The molecule has 2 heterocycles. The second-order valence-electron chi connectivity index (χ2n) is 7.85. The summed E-state index contributed by atoms with van der Waals surface area (Å²) in [7, 11) is 3.57. The Morgan fingerprint density at radius 2 is 2.12 bits per heavy atom. The van der Waals surface area contributed by atoms with Gasteiger partial charge in [-0.2, -0.15) is 0 Å². The minimum absolute atomic E-state index is 0.00507. The number of fused-ring (bicyclic) bond motifs is 1. The summed E-state index contributed by atoms with van der Waals surface area (Å²) < 4.78 is 17.7. The Morgan fingerprint density at radius 3 is 2.88 bits per heavy atom. The lowest BCUT2D eigenvalue weighted by atomic mass is 9.79. The number of ether oxygens (including phenoxy) is 3. The van der Waals surface area contributed by atoms with Crippen LogP contribution in [0.3, 0.4) is 0 Å². The van der Waals surface area contributed by atoms with E-state index >= 15 is 0 Å². The summed E-state index contributed by atoms with van der Waals surface area (Å²) >= 11 is 0. The molecule has 1 aromatic rings. The highest BCUT2D eigenvalue weighted by atomic mass is 16.5. The Kier molecular flexibility index (Phi) is 4.98. The molecule has 0 amide bonds. The van der Waals surface area contributed by atoms with Gasteiger partial charge in [-0.25, -0.2) is 4.98 Å². The molecule has 0 aromatic carbocycles. The van der Waals surface area contributed by atoms with Crippen LogP contribution in [-0.4, -0.2) is 55.0 Å². The van der Waals surface area contributed by atoms with Gasteiger partial charge in [-0.3, -0.25) is 4.90 Å². The van der Waals surface area contributed by atoms with Crippen LogP contribution >= 0.6 is 0 Å². The van der Waals surface area contributed by atoms with Crippen LogP contribution in [0.25, 0.3) is 0 Å². The van der Waals surface area contributed by atoms with Crippen molar-refractivity contribution in [3.8, 4) is 5.88 Å². The van der Waals surface area contributed by atoms with Gasteiger partial charge in [0, 0.05) is 44.6 Å². The van der Waals surface area contributed by atoms with Gasteiger partial charge in [-0.05, 0) is 50.5 Å². The molecule has 0 bridgehead atoms. The van der Waals surface area contributed by atoms with E-state index < -0.39 is 0 Å². The lowest BCUT2D eigenvalue weighted by Crippen LogP contribution is -2.51. The minimum Gasteiger partial charge on any atom is -0.481 e. The number of hydrogen-bond acceptors (Lipinski definition) is 5. The van der Waals surface area contributed by atoms with Crippen molar-refractivity contribution in [3.05, 3.63) is 23.9 Å². The van der Waals surface area contributed by atoms with Crippen molar-refractivity contribution in [2.24, 2.45) is 5.92 Å². The monoisotopic (exact) mass is 346 g/mol. The molecule has 3 fully saturated rings. The topological polar surface area (TPSA) is 43.8 Å². The fraction of sp³-hybridized carbons (Fsp3) is 0.750. The number of rotatable bonds is 7. The summed E-state index contributed by atoms with van der Waals surface area (Å²) in [6.07, 6.45) is 9.27. The average molecular weight is 346 g/mol. The lowest BCUT2D eigenvalue weighted by molar-refractivity contribution is -0.103. The largest absolute Gasteiger partial charge is 0.481 e. The van der Waals surface area contributed by atoms with Crippen LogP contribution in [0.2, 0.25) is 0 Å². The zero-order valence-corrected chi connectivity index (χ0v) is 15.4. The highest BCUT2D eigenvalue weighted by Crippen LogP contribution is 2.44. The SMILES string of the molecule is COc1ncccc1CN1CCC2(OC)CCC(OCC3CC3)CC12. The normalized spacial score (nSPS) is 32.6. The molecule has 138 valence electrons. The molecule has 25 heavy (non-hydrogen) atoms. The van der Waals surface area contributed by atoms with Crippen LogP contribution in [-0.2, 0) is 16.0 Å². The first-order chi connectivity index (χ1) is 12.2. The van der Waals surface area contributed by atoms with Crippen molar-refractivity contribution in [1.82, 2.24) is 9.88 Å². The molecule has 2 aliphatic carbocycles. The lowest BCUT2D eigenvalue weighted by Gasteiger charge is -2.43. The van der Waals surface area contributed by atoms with Gasteiger partial charge >= 0.3 is 0 Å². The van der Waals surface area contributed by atoms with Crippen molar-refractivity contribution in [3.63, 3.8) is 0 Å². The third-order valence-electron chi connectivity index (χ3n) is 6.33. The van der Waals surface area contributed by atoms with Crippen molar-refractivity contribution in [1.29, 1.82) is 0 Å². The Hall–Kier alpha value is -1.17. The maximum atomic E-state index is 6.23. The Balaban J connectivity index is 1.46. The van der Waals surface area contributed by atoms with Crippen molar-refractivity contribution in [2.75, 3.05) is 27.4 Å². The summed E-state index contributed by atoms with van der Waals surface area (Å²) in [5.74, 6) is 1.56. The first-order valence-corrected chi connectivity index (χ1v) is 9.63. The molecule has 2 saturated carbocycles. The summed E-state index contributed by atoms with van der Waals surface area (Å²) in [6.45, 7) is 2.88. The average Bonchev–Trinajstić information content (AvgIpc) is 3.42. The highest BCUT2D eigenvalue weighted by molar-refractivity contribution is 5.26. The molecule has 5 nitrogen and oxygen atoms in total. The number of nitrogens with zero attached hydrogens (tertiary/aromatic N) is 2. The van der Waals surface area contributed by atoms with Gasteiger partial charge in [0.1, 0.15) is 0 Å². The van der Waals surface area contributed by atoms with Crippen molar-refractivity contribution in [2.45, 2.75) is 62.8 Å². The zero-order valence-electron chi connectivity index (χ0n) is 15.4. The van der Waals surface area contributed by atoms with Gasteiger partial charge < -0.3 is 14.2 Å². The molecule has 0 spiro atoms. The van der Waals surface area contributed by atoms with E-state index in [2.05, 4.69) is 16.0 Å². The van der Waals surface area contributed by atoms with Crippen LogP contribution < -0.4 is 4.74 Å². The fourth-order valence-electron chi connectivity index (χ4n) is 4.60. The van der Waals surface area contributed by atoms with E-state index in [0.717, 1.165) is 62.7 Å². The molecular formula is C20H30N2O3. The molecule has 1 saturated heterocycles. The third kappa shape index (κ3) is 3.55. The molecule has 1 aromatic heterocycles. The summed E-state index contributed by atoms with van der Waals surface area (Å²) in [5, 5.41) is 0. The smallest absolute Gasteiger partial charge is 0.217 e. The molecule has 3 atom stereocenters. The van der Waals surface area contributed by atoms with Gasteiger partial charge in [-0.15, -0.1) is 0 Å². The Morgan fingerprint density at radius 1 is 1.24 bits per heavy atom. The fourth-order valence-corrected chi connectivity index (χ4v) is 4.60. The standard InChI is InChI=1S/C20H30N2O3/c1-23-19-16(4-3-10-21-19)13-22-11-9-20(24-2)8-7-17(12-18(20)22)25-14-15-5-6-15/h3-4,10,15,17-18H,5-9,11-14H2,1-2H3. The van der Waals surface area contributed by atoms with Crippen LogP contribution in [0.5, 0.6) is 5.88 Å². The van der Waals surface area contributed by atoms with E-state index in [1.807, 2.05) is 13.2 Å². The summed E-state index contributed by atoms with van der Waals surface area (Å²) in [6, 6.07) is 4.52. The quantitative estimate of drug-likeness (QED) is 0.759. The molecule has 0 radical (unpaired) electrons. The van der Waals surface area contributed by atoms with Gasteiger partial charge in [0.15, 0.2) is 0 Å². The predicted molar refractivity (Wildman–Crippen MR) is 95.7 cm³/mol. The second-order valence-corrected chi connectivity index (χ2v) is 7.85. The summed E-state index contributed by atoms with van der Waals surface area (Å²) in [4.78, 5) is 6.90. The third-order valence-corrected chi connectivity index (χ3v) is 6.33. The maximum absolute atomic E-state index is 6.23. The van der Waals surface area contributed by atoms with Crippen molar-refractivity contribution < 1.29 is 14.2 Å². The predicted octanol–water partition coefficient (Wildman–Crippen LogP) is 3.03. The summed E-state index contributed by atoms with van der Waals surface area (Å²) in [5.41, 5.74) is 1.15. The van der Waals surface area contributed by atoms with Crippen LogP contribution in [0.1, 0.15) is 44.1 Å². The second kappa shape index (κ2) is 7.22. The van der Waals surface area contributed by atoms with E-state index in [1.165, 1.54) is 12.8 Å². The molecule has 1 aliphatic heterocycles. The van der Waals surface area contributed by atoms with Gasteiger partial charge in [-0.1, -0.05) is 6.07 Å². The number of pyridine rings is 1. The Bertz CT molecular complexity index is 592. The molecule has 5 heteroatoms. The van der Waals surface area contributed by atoms with Gasteiger partial charge in [0.2, 0.25) is 5.88 Å². The van der Waals surface area contributed by atoms with E-state index in [9.17, 15) is 0 Å². The first-order valence-electron chi connectivity index (χ1n) is 9.63. The van der Waals surface area contributed by atoms with Crippen LogP contribution in [0, 0.1) is 5.92 Å². The van der Waals surface area contributed by atoms with E-state index in [-0.39, 0.29) is 5.60 Å². The van der Waals surface area contributed by atoms with Crippen molar-refractivity contribution >= 4 is 0 Å². The maximum Gasteiger partial charge on any atom is 0.217 e. The van der Waals surface area contributed by atoms with Crippen LogP contribution in [0.4, 0.5) is 0 Å². The van der Waals surface area contributed by atoms with Gasteiger partial charge in [0.25, 0.3) is 0 Å². The Labute approximate surface area is 150 Å². The van der Waals surface area contributed by atoms with E-state index in [0.29, 0.717) is 12.1 Å². The number of likely N-dealkylation sites (tertiary alicyclic amines) is 1. The molecular weight excluding hydrogens is 316 g/mol. The highest BCUT2D eigenvalue weighted by Gasteiger charge is 2.51. The number of methoxy groups -OCH3 is 2. The van der Waals surface area contributed by atoms with Crippen LogP contribution in [0.15, 0.2) is 18.3 Å². The van der Waals surface area contributed by atoms with Gasteiger partial charge in [0.05, 0.1) is 18.8 Å². The minimum atomic E-state index is -0.00507. The molecule has 0 N–H and O–H groups in total. The molecule has 3 aliphatic rings.